The van der Waals surface area contributed by atoms with Crippen LogP contribution in [0.5, 0.6) is 0 Å². The van der Waals surface area contributed by atoms with Crippen molar-refractivity contribution in [1.82, 2.24) is 0 Å². The second kappa shape index (κ2) is 14.5. The summed E-state index contributed by atoms with van der Waals surface area (Å²) in [5.41, 5.74) is 21.6. The van der Waals surface area contributed by atoms with Crippen LogP contribution in [0.1, 0.15) is 105 Å². The number of carbonyl (C=O) groups excluding carboxylic acids is 1. The zero-order valence-electron chi connectivity index (χ0n) is 28.8. The van der Waals surface area contributed by atoms with Gasteiger partial charge >= 0.3 is 0 Å². The number of ketones is 1. The fourth-order valence-corrected chi connectivity index (χ4v) is 4.87. The number of aliphatic hydroxyl groups is 1. The second-order valence-electron chi connectivity index (χ2n) is 11.9. The van der Waals surface area contributed by atoms with Gasteiger partial charge < -0.3 is 5.11 Å². The average molecular weight is 555 g/mol. The maximum absolute atomic E-state index is 11.3. The van der Waals surface area contributed by atoms with E-state index >= 15 is 0 Å². The number of benzene rings is 3. The third-order valence-electron chi connectivity index (χ3n) is 9.30. The summed E-state index contributed by atoms with van der Waals surface area (Å²) in [6, 6.07) is 6.70. The average Bonchev–Trinajstić information content (AvgIpc) is 2.91. The Morgan fingerprint density at radius 2 is 0.829 bits per heavy atom. The zero-order valence-corrected chi connectivity index (χ0v) is 28.8. The normalized spacial score (nSPS) is 11.1. The molecule has 3 rings (SSSR count). The molecule has 3 aromatic rings. The van der Waals surface area contributed by atoms with Crippen molar-refractivity contribution in [2.75, 3.05) is 0 Å². The largest absolute Gasteiger partial charge is 0.512 e. The van der Waals surface area contributed by atoms with Crippen LogP contribution in [0.3, 0.4) is 0 Å². The standard InChI is InChI=1S/C20H26.C12H16O.C7H12O/c1-11-9-19(17(7)15(5)13(11)3)20-10-12(2)14(4)16(6)18(20)8;1-7-6-12(11(5)13)10(4)9(3)8(7)2;1-5(2)6(3)7(4)8/h9-10H,1-8H3;6H,1-5H3;8H,1H2,2-4H3/b;;7-6-. The first-order valence-electron chi connectivity index (χ1n) is 14.5. The Hall–Kier alpha value is -3.39. The van der Waals surface area contributed by atoms with Crippen molar-refractivity contribution in [3.8, 4) is 11.1 Å². The van der Waals surface area contributed by atoms with Gasteiger partial charge in [0.05, 0.1) is 5.76 Å². The van der Waals surface area contributed by atoms with Gasteiger partial charge in [-0.2, -0.15) is 0 Å². The minimum Gasteiger partial charge on any atom is -0.512 e. The predicted molar refractivity (Wildman–Crippen MR) is 181 cm³/mol. The number of carbonyl (C=O) groups is 1. The Morgan fingerprint density at radius 1 is 0.512 bits per heavy atom. The monoisotopic (exact) mass is 554 g/mol. The molecule has 41 heavy (non-hydrogen) atoms. The van der Waals surface area contributed by atoms with Gasteiger partial charge in [0.2, 0.25) is 0 Å². The molecule has 0 fully saturated rings. The van der Waals surface area contributed by atoms with E-state index in [4.69, 9.17) is 5.11 Å². The molecule has 0 saturated heterocycles. The fraction of sp³-hybridized carbons (Fsp3) is 0.410. The molecule has 222 valence electrons. The zero-order chi connectivity index (χ0) is 32.1. The summed E-state index contributed by atoms with van der Waals surface area (Å²) in [5.74, 6) is 0.515. The van der Waals surface area contributed by atoms with Crippen LogP contribution < -0.4 is 0 Å². The van der Waals surface area contributed by atoms with Gasteiger partial charge in [-0.15, -0.1) is 0 Å². The molecule has 0 atom stereocenters. The van der Waals surface area contributed by atoms with Crippen molar-refractivity contribution in [3.05, 3.63) is 114 Å². The lowest BCUT2D eigenvalue weighted by Crippen LogP contribution is -2.01. The molecular formula is C39H54O2. The lowest BCUT2D eigenvalue weighted by molar-refractivity contribution is 0.101. The first kappa shape index (κ1) is 35.6. The molecular weight excluding hydrogens is 500 g/mol. The summed E-state index contributed by atoms with van der Waals surface area (Å²) in [6.45, 7) is 36.7. The van der Waals surface area contributed by atoms with Crippen LogP contribution in [-0.2, 0) is 0 Å². The highest BCUT2D eigenvalue weighted by molar-refractivity contribution is 5.96. The molecule has 0 aromatic heterocycles. The topological polar surface area (TPSA) is 37.3 Å². The molecule has 0 aliphatic carbocycles. The number of rotatable bonds is 3. The van der Waals surface area contributed by atoms with E-state index in [1.165, 1.54) is 72.3 Å². The summed E-state index contributed by atoms with van der Waals surface area (Å²) < 4.78 is 0. The van der Waals surface area contributed by atoms with Gasteiger partial charge in [0.1, 0.15) is 0 Å². The van der Waals surface area contributed by atoms with Crippen LogP contribution in [0.2, 0.25) is 0 Å². The molecule has 0 saturated carbocycles. The first-order valence-corrected chi connectivity index (χ1v) is 14.5. The van der Waals surface area contributed by atoms with Crippen LogP contribution in [-0.4, -0.2) is 10.9 Å². The highest BCUT2D eigenvalue weighted by Gasteiger charge is 2.14. The van der Waals surface area contributed by atoms with Crippen molar-refractivity contribution in [3.63, 3.8) is 0 Å². The van der Waals surface area contributed by atoms with Gasteiger partial charge in [-0.25, -0.2) is 0 Å². The molecule has 1 N–H and O–H groups in total. The van der Waals surface area contributed by atoms with E-state index in [0.29, 0.717) is 5.76 Å². The van der Waals surface area contributed by atoms with Crippen molar-refractivity contribution in [2.24, 2.45) is 0 Å². The van der Waals surface area contributed by atoms with Gasteiger partial charge in [0, 0.05) is 5.56 Å². The number of allylic oxidation sites excluding steroid dienone is 3. The molecule has 2 nitrogen and oxygen atoms in total. The van der Waals surface area contributed by atoms with Crippen molar-refractivity contribution in [2.45, 2.75) is 111 Å². The molecule has 0 bridgehead atoms. The van der Waals surface area contributed by atoms with Gasteiger partial charge in [0.25, 0.3) is 0 Å². The summed E-state index contributed by atoms with van der Waals surface area (Å²) >= 11 is 0. The maximum atomic E-state index is 11.3. The summed E-state index contributed by atoms with van der Waals surface area (Å²) in [7, 11) is 0. The second-order valence-corrected chi connectivity index (χ2v) is 11.9. The Labute approximate surface area is 251 Å². The van der Waals surface area contributed by atoms with Gasteiger partial charge in [-0.1, -0.05) is 24.3 Å². The van der Waals surface area contributed by atoms with Gasteiger partial charge in [0.15, 0.2) is 5.78 Å². The van der Waals surface area contributed by atoms with Gasteiger partial charge in [-0.3, -0.25) is 4.79 Å². The third-order valence-corrected chi connectivity index (χ3v) is 9.30. The Kier molecular flexibility index (Phi) is 12.6. The van der Waals surface area contributed by atoms with Crippen LogP contribution in [0.4, 0.5) is 0 Å². The summed E-state index contributed by atoms with van der Waals surface area (Å²) in [6.07, 6.45) is 0. The van der Waals surface area contributed by atoms with Crippen LogP contribution in [0, 0.1) is 83.1 Å². The quantitative estimate of drug-likeness (QED) is 0.199. The lowest BCUT2D eigenvalue weighted by Gasteiger charge is -2.19. The highest BCUT2D eigenvalue weighted by Crippen LogP contribution is 2.35. The smallest absolute Gasteiger partial charge is 0.160 e. The molecule has 0 amide bonds. The number of hydrogen-bond donors (Lipinski definition) is 1. The van der Waals surface area contributed by atoms with E-state index in [-0.39, 0.29) is 5.78 Å². The maximum Gasteiger partial charge on any atom is 0.160 e. The molecule has 0 radical (unpaired) electrons. The molecule has 0 aliphatic heterocycles. The van der Waals surface area contributed by atoms with Crippen LogP contribution in [0.15, 0.2) is 41.7 Å². The van der Waals surface area contributed by atoms with E-state index in [9.17, 15) is 4.79 Å². The summed E-state index contributed by atoms with van der Waals surface area (Å²) in [4.78, 5) is 11.3. The van der Waals surface area contributed by atoms with Crippen molar-refractivity contribution in [1.29, 1.82) is 0 Å². The highest BCUT2D eigenvalue weighted by atomic mass is 16.3. The Bertz CT molecular complexity index is 1440. The number of Topliss-reactive ketones (excluding diaryl/α,β-unsaturated/α-hetero) is 1. The molecule has 0 aliphatic rings. The summed E-state index contributed by atoms with van der Waals surface area (Å²) in [5, 5.41) is 8.81. The van der Waals surface area contributed by atoms with Crippen LogP contribution >= 0.6 is 0 Å². The minimum atomic E-state index is 0.156. The molecule has 0 spiro atoms. The molecule has 0 unspecified atom stereocenters. The fourth-order valence-electron chi connectivity index (χ4n) is 4.87. The van der Waals surface area contributed by atoms with E-state index in [0.717, 1.165) is 22.3 Å². The number of hydrogen-bond acceptors (Lipinski definition) is 2. The Morgan fingerprint density at radius 3 is 1.10 bits per heavy atom. The molecule has 0 heterocycles. The molecule has 2 heteroatoms. The van der Waals surface area contributed by atoms with E-state index < -0.39 is 0 Å². The molecule has 3 aromatic carbocycles. The third kappa shape index (κ3) is 8.32. The lowest BCUT2D eigenvalue weighted by atomic mass is 9.86. The number of aliphatic hydroxyl groups excluding tert-OH is 1. The predicted octanol–water partition coefficient (Wildman–Crippen LogP) is 11.4. The van der Waals surface area contributed by atoms with Crippen molar-refractivity contribution >= 4 is 5.78 Å². The number of aryl methyl sites for hydroxylation is 3. The van der Waals surface area contributed by atoms with E-state index in [2.05, 4.69) is 87.9 Å². The Balaban J connectivity index is 0.000000344. The van der Waals surface area contributed by atoms with E-state index in [1.807, 2.05) is 33.8 Å². The minimum absolute atomic E-state index is 0.156. The van der Waals surface area contributed by atoms with Crippen molar-refractivity contribution < 1.29 is 9.90 Å². The van der Waals surface area contributed by atoms with Crippen LogP contribution in [0.25, 0.3) is 11.1 Å². The van der Waals surface area contributed by atoms with Gasteiger partial charge in [-0.05, 0) is 200 Å². The van der Waals surface area contributed by atoms with E-state index in [1.54, 1.807) is 13.8 Å². The SMILES string of the molecule is C=C(C)/C(C)=C(/C)O.CC(=O)c1cc(C)c(C)c(C)c1C.Cc1cc(-c2cc(C)c(C)c(C)c2C)c(C)c(C)c1C. The first-order chi connectivity index (χ1) is 18.8.